The van der Waals surface area contributed by atoms with Gasteiger partial charge < -0.3 is 0 Å². The third-order valence-electron chi connectivity index (χ3n) is 3.40. The predicted octanol–water partition coefficient (Wildman–Crippen LogP) is -0.0233. The summed E-state index contributed by atoms with van der Waals surface area (Å²) >= 11 is 0. The van der Waals surface area contributed by atoms with E-state index in [0.29, 0.717) is 32.4 Å². The molecule has 0 aromatic carbocycles. The average molecular weight is 327 g/mol. The molecule has 0 atom stereocenters. The van der Waals surface area contributed by atoms with Crippen LogP contribution in [0, 0.1) is 0 Å². The molecule has 1 fully saturated rings. The summed E-state index contributed by atoms with van der Waals surface area (Å²) in [6.45, 7) is 2.72. The van der Waals surface area contributed by atoms with E-state index in [1.807, 2.05) is 6.92 Å². The summed E-state index contributed by atoms with van der Waals surface area (Å²) in [6, 6.07) is -0.194. The first-order chi connectivity index (χ1) is 9.19. The van der Waals surface area contributed by atoms with Crippen molar-refractivity contribution in [3.05, 3.63) is 0 Å². The molecule has 1 N–H and O–H groups in total. The van der Waals surface area contributed by atoms with E-state index < -0.39 is 20.2 Å². The lowest BCUT2D eigenvalue weighted by Crippen LogP contribution is -2.49. The molecule has 1 aliphatic rings. The van der Waals surface area contributed by atoms with Gasteiger partial charge in [-0.25, -0.2) is 12.7 Å². The fourth-order valence-electron chi connectivity index (χ4n) is 2.02. The van der Waals surface area contributed by atoms with Gasteiger partial charge in [-0.3, -0.25) is 0 Å². The Hall–Kier alpha value is -0.220. The molecule has 120 valence electrons. The number of hydrogen-bond donors (Lipinski definition) is 1. The molecule has 9 heteroatoms. The number of nitrogens with one attached hydrogen (secondary N) is 1. The molecule has 0 unspecified atom stereocenters. The normalized spacial score (nSPS) is 19.6. The summed E-state index contributed by atoms with van der Waals surface area (Å²) in [7, 11) is -3.70. The van der Waals surface area contributed by atoms with Crippen LogP contribution >= 0.6 is 0 Å². The molecular formula is C11H25N3O4S2. The summed E-state index contributed by atoms with van der Waals surface area (Å²) in [5.41, 5.74) is 0. The Labute approximate surface area is 122 Å². The van der Waals surface area contributed by atoms with Gasteiger partial charge in [0.1, 0.15) is 0 Å². The number of nitrogens with zero attached hydrogens (tertiary/aromatic N) is 2. The van der Waals surface area contributed by atoms with Gasteiger partial charge in [-0.05, 0) is 19.3 Å². The fraction of sp³-hybridized carbons (Fsp3) is 1.00. The first-order valence-corrected chi connectivity index (χ1v) is 9.91. The molecule has 1 saturated heterocycles. The highest BCUT2D eigenvalue weighted by Gasteiger charge is 2.29. The van der Waals surface area contributed by atoms with Crippen LogP contribution in [-0.2, 0) is 20.2 Å². The molecular weight excluding hydrogens is 302 g/mol. The lowest BCUT2D eigenvalue weighted by Gasteiger charge is -2.32. The maximum absolute atomic E-state index is 12.0. The van der Waals surface area contributed by atoms with Crippen molar-refractivity contribution in [1.82, 2.24) is 13.3 Å². The zero-order valence-corrected chi connectivity index (χ0v) is 14.0. The van der Waals surface area contributed by atoms with Crippen molar-refractivity contribution >= 4 is 20.2 Å². The Bertz CT molecular complexity index is 494. The van der Waals surface area contributed by atoms with E-state index in [2.05, 4.69) is 4.72 Å². The Morgan fingerprint density at radius 3 is 2.15 bits per heavy atom. The molecule has 0 aromatic heterocycles. The van der Waals surface area contributed by atoms with Crippen molar-refractivity contribution in [3.63, 3.8) is 0 Å². The lowest BCUT2D eigenvalue weighted by atomic mass is 10.1. The second-order valence-electron chi connectivity index (χ2n) is 5.25. The van der Waals surface area contributed by atoms with Crippen LogP contribution in [0.1, 0.15) is 32.6 Å². The van der Waals surface area contributed by atoms with Crippen LogP contribution < -0.4 is 4.72 Å². The number of unbranched alkanes of at least 4 members (excludes halogenated alkanes) is 1. The highest BCUT2D eigenvalue weighted by molar-refractivity contribution is 7.89. The number of sulfonamides is 1. The van der Waals surface area contributed by atoms with Crippen LogP contribution in [0.3, 0.4) is 0 Å². The number of piperidine rings is 1. The van der Waals surface area contributed by atoms with E-state index in [1.165, 1.54) is 18.4 Å². The molecule has 0 bridgehead atoms. The summed E-state index contributed by atoms with van der Waals surface area (Å²) in [5.74, 6) is 0.178. The van der Waals surface area contributed by atoms with E-state index in [0.717, 1.165) is 10.7 Å². The predicted molar refractivity (Wildman–Crippen MR) is 79.0 cm³/mol. The summed E-state index contributed by atoms with van der Waals surface area (Å²) in [5, 5.41) is 0. The highest BCUT2D eigenvalue weighted by atomic mass is 32.2. The largest absolute Gasteiger partial charge is 0.279 e. The highest BCUT2D eigenvalue weighted by Crippen LogP contribution is 2.16. The Morgan fingerprint density at radius 1 is 1.15 bits per heavy atom. The van der Waals surface area contributed by atoms with Gasteiger partial charge in [0.05, 0.1) is 5.75 Å². The van der Waals surface area contributed by atoms with Gasteiger partial charge in [-0.1, -0.05) is 13.3 Å². The molecule has 0 aromatic rings. The van der Waals surface area contributed by atoms with Crippen molar-refractivity contribution in [2.45, 2.75) is 38.6 Å². The molecule has 1 heterocycles. The van der Waals surface area contributed by atoms with Gasteiger partial charge >= 0.3 is 0 Å². The summed E-state index contributed by atoms with van der Waals surface area (Å²) in [4.78, 5) is 0. The van der Waals surface area contributed by atoms with E-state index in [4.69, 9.17) is 0 Å². The quantitative estimate of drug-likeness (QED) is 0.712. The van der Waals surface area contributed by atoms with E-state index in [9.17, 15) is 16.8 Å². The van der Waals surface area contributed by atoms with Crippen molar-refractivity contribution in [3.8, 4) is 0 Å². The van der Waals surface area contributed by atoms with E-state index in [1.54, 1.807) is 0 Å². The maximum atomic E-state index is 12.0. The third kappa shape index (κ3) is 4.96. The molecule has 0 aliphatic carbocycles. The van der Waals surface area contributed by atoms with Crippen molar-refractivity contribution in [2.24, 2.45) is 0 Å². The van der Waals surface area contributed by atoms with Gasteiger partial charge in [0.2, 0.25) is 10.0 Å². The first-order valence-electron chi connectivity index (χ1n) is 6.86. The van der Waals surface area contributed by atoms with Crippen LogP contribution in [0.4, 0.5) is 0 Å². The van der Waals surface area contributed by atoms with Crippen molar-refractivity contribution in [1.29, 1.82) is 0 Å². The van der Waals surface area contributed by atoms with Gasteiger partial charge in [-0.2, -0.15) is 17.4 Å². The van der Waals surface area contributed by atoms with Crippen molar-refractivity contribution in [2.75, 3.05) is 32.9 Å². The molecule has 1 rings (SSSR count). The Balaban J connectivity index is 2.52. The average Bonchev–Trinajstić information content (AvgIpc) is 2.36. The summed E-state index contributed by atoms with van der Waals surface area (Å²) in [6.07, 6.45) is 2.53. The zero-order valence-electron chi connectivity index (χ0n) is 12.4. The maximum Gasteiger partial charge on any atom is 0.279 e. The monoisotopic (exact) mass is 327 g/mol. The standard InChI is InChI=1S/C11H25N3O4S2/c1-4-5-10-19(15,16)14-8-6-11(7-9-14)12-20(17,18)13(2)3/h11-12H,4-10H2,1-3H3. The minimum atomic E-state index is -3.45. The van der Waals surface area contributed by atoms with Crippen LogP contribution in [0.25, 0.3) is 0 Å². The lowest BCUT2D eigenvalue weighted by molar-refractivity contribution is 0.305. The van der Waals surface area contributed by atoms with E-state index in [-0.39, 0.29) is 11.8 Å². The fourth-order valence-corrected chi connectivity index (χ4v) is 4.57. The molecule has 0 spiro atoms. The Kier molecular flexibility index (Phi) is 6.39. The molecule has 7 nitrogen and oxygen atoms in total. The van der Waals surface area contributed by atoms with Crippen LogP contribution in [0.2, 0.25) is 0 Å². The smallest absolute Gasteiger partial charge is 0.212 e. The number of rotatable bonds is 7. The minimum absolute atomic E-state index is 0.178. The first kappa shape index (κ1) is 17.8. The van der Waals surface area contributed by atoms with E-state index >= 15 is 0 Å². The zero-order chi connectivity index (χ0) is 15.4. The van der Waals surface area contributed by atoms with Gasteiger partial charge in [0, 0.05) is 33.2 Å². The molecule has 0 saturated carbocycles. The SMILES string of the molecule is CCCCS(=O)(=O)N1CCC(NS(=O)(=O)N(C)C)CC1. The molecule has 0 radical (unpaired) electrons. The second-order valence-corrected chi connectivity index (χ2v) is 9.25. The van der Waals surface area contributed by atoms with Gasteiger partial charge in [-0.15, -0.1) is 0 Å². The van der Waals surface area contributed by atoms with Crippen molar-refractivity contribution < 1.29 is 16.8 Å². The van der Waals surface area contributed by atoms with Crippen LogP contribution in [0.5, 0.6) is 0 Å². The van der Waals surface area contributed by atoms with Gasteiger partial charge in [0.25, 0.3) is 10.2 Å². The topological polar surface area (TPSA) is 86.8 Å². The third-order valence-corrected chi connectivity index (χ3v) is 6.95. The molecule has 20 heavy (non-hydrogen) atoms. The van der Waals surface area contributed by atoms with Gasteiger partial charge in [0.15, 0.2) is 0 Å². The Morgan fingerprint density at radius 2 is 1.70 bits per heavy atom. The second kappa shape index (κ2) is 7.17. The summed E-state index contributed by atoms with van der Waals surface area (Å²) < 4.78 is 52.6. The number of hydrogen-bond acceptors (Lipinski definition) is 4. The molecule has 1 aliphatic heterocycles. The van der Waals surface area contributed by atoms with Crippen LogP contribution in [-0.4, -0.2) is 64.4 Å². The molecule has 0 amide bonds. The minimum Gasteiger partial charge on any atom is -0.212 e. The van der Waals surface area contributed by atoms with Crippen LogP contribution in [0.15, 0.2) is 0 Å².